The summed E-state index contributed by atoms with van der Waals surface area (Å²) < 4.78 is 0. The zero-order valence-electron chi connectivity index (χ0n) is 10.0. The minimum atomic E-state index is -0.900. The highest BCUT2D eigenvalue weighted by molar-refractivity contribution is 7.80. The standard InChI is InChI=1S/C12H18N2O2S/c1-2-12(8-6-4-3-5-7-8)9(15)13-11(17)14-10(12)16/h8H,2-7H2,1H3,(H2,13,14,15,16,17). The summed E-state index contributed by atoms with van der Waals surface area (Å²) in [7, 11) is 0. The van der Waals surface area contributed by atoms with E-state index in [4.69, 9.17) is 12.2 Å². The number of thiocarbonyl (C=S) groups is 1. The summed E-state index contributed by atoms with van der Waals surface area (Å²) in [4.78, 5) is 24.4. The average molecular weight is 254 g/mol. The van der Waals surface area contributed by atoms with Crippen LogP contribution in [0.5, 0.6) is 0 Å². The smallest absolute Gasteiger partial charge is 0.242 e. The molecular weight excluding hydrogens is 236 g/mol. The van der Waals surface area contributed by atoms with Crippen LogP contribution in [0.4, 0.5) is 0 Å². The second-order valence-corrected chi connectivity index (χ2v) is 5.31. The molecular formula is C12H18N2O2S. The largest absolute Gasteiger partial charge is 0.302 e. The molecule has 0 unspecified atom stereocenters. The number of carbonyl (C=O) groups is 2. The fourth-order valence-corrected chi connectivity index (χ4v) is 3.33. The van der Waals surface area contributed by atoms with Crippen LogP contribution in [0.25, 0.3) is 0 Å². The van der Waals surface area contributed by atoms with Gasteiger partial charge in [-0.3, -0.25) is 9.59 Å². The quantitative estimate of drug-likeness (QED) is 0.580. The first-order chi connectivity index (χ1) is 8.11. The molecule has 0 spiro atoms. The number of hydrogen-bond acceptors (Lipinski definition) is 3. The van der Waals surface area contributed by atoms with E-state index >= 15 is 0 Å². The number of rotatable bonds is 2. The number of hydrogen-bond donors (Lipinski definition) is 2. The van der Waals surface area contributed by atoms with Crippen LogP contribution in [0, 0.1) is 11.3 Å². The average Bonchev–Trinajstić information content (AvgIpc) is 2.30. The van der Waals surface area contributed by atoms with Crippen molar-refractivity contribution in [1.82, 2.24) is 10.6 Å². The lowest BCUT2D eigenvalue weighted by Gasteiger charge is -2.41. The molecule has 5 heteroatoms. The molecule has 2 fully saturated rings. The van der Waals surface area contributed by atoms with Gasteiger partial charge in [0, 0.05) is 0 Å². The van der Waals surface area contributed by atoms with Crippen LogP contribution in [0.2, 0.25) is 0 Å². The molecule has 1 heterocycles. The SMILES string of the molecule is CCC1(C2CCCCC2)C(=O)NC(=S)NC1=O. The van der Waals surface area contributed by atoms with Crippen LogP contribution in [-0.4, -0.2) is 16.9 Å². The molecule has 0 aromatic heterocycles. The van der Waals surface area contributed by atoms with Gasteiger partial charge in [0.15, 0.2) is 5.11 Å². The molecule has 1 saturated heterocycles. The molecule has 0 aromatic rings. The molecule has 0 aromatic carbocycles. The Balaban J connectivity index is 2.30. The molecule has 2 rings (SSSR count). The Hall–Kier alpha value is -0.970. The normalized spacial score (nSPS) is 25.4. The van der Waals surface area contributed by atoms with Gasteiger partial charge in [-0.2, -0.15) is 0 Å². The highest BCUT2D eigenvalue weighted by atomic mass is 32.1. The third kappa shape index (κ3) is 1.97. The van der Waals surface area contributed by atoms with Crippen LogP contribution in [-0.2, 0) is 9.59 Å². The minimum absolute atomic E-state index is 0.139. The van der Waals surface area contributed by atoms with E-state index in [9.17, 15) is 9.59 Å². The molecule has 1 saturated carbocycles. The molecule has 0 radical (unpaired) electrons. The summed E-state index contributed by atoms with van der Waals surface area (Å²) in [5.74, 6) is -0.259. The van der Waals surface area contributed by atoms with Gasteiger partial charge < -0.3 is 10.6 Å². The first-order valence-electron chi connectivity index (χ1n) is 6.28. The topological polar surface area (TPSA) is 58.2 Å². The lowest BCUT2D eigenvalue weighted by atomic mass is 9.65. The van der Waals surface area contributed by atoms with E-state index in [1.165, 1.54) is 6.42 Å². The molecule has 2 aliphatic rings. The fraction of sp³-hybridized carbons (Fsp3) is 0.750. The molecule has 0 bridgehead atoms. The van der Waals surface area contributed by atoms with E-state index in [-0.39, 0.29) is 22.8 Å². The summed E-state index contributed by atoms with van der Waals surface area (Å²) in [5.41, 5.74) is -0.900. The van der Waals surface area contributed by atoms with Crippen molar-refractivity contribution < 1.29 is 9.59 Å². The first kappa shape index (κ1) is 12.5. The summed E-state index contributed by atoms with van der Waals surface area (Å²) in [6.07, 6.45) is 5.88. The van der Waals surface area contributed by atoms with Crippen molar-refractivity contribution in [3.8, 4) is 0 Å². The predicted octanol–water partition coefficient (Wildman–Crippen LogP) is 1.49. The third-order valence-electron chi connectivity index (χ3n) is 4.12. The van der Waals surface area contributed by atoms with E-state index in [1.54, 1.807) is 0 Å². The van der Waals surface area contributed by atoms with Gasteiger partial charge in [0.2, 0.25) is 11.8 Å². The maximum Gasteiger partial charge on any atom is 0.242 e. The van der Waals surface area contributed by atoms with Crippen molar-refractivity contribution in [2.75, 3.05) is 0 Å². The number of amides is 2. The van der Waals surface area contributed by atoms with E-state index in [0.717, 1.165) is 25.7 Å². The molecule has 0 atom stereocenters. The number of nitrogens with one attached hydrogen (secondary N) is 2. The van der Waals surface area contributed by atoms with Gasteiger partial charge >= 0.3 is 0 Å². The molecule has 2 N–H and O–H groups in total. The minimum Gasteiger partial charge on any atom is -0.302 e. The summed E-state index contributed by atoms with van der Waals surface area (Å²) >= 11 is 4.85. The van der Waals surface area contributed by atoms with Gasteiger partial charge in [-0.05, 0) is 37.4 Å². The zero-order chi connectivity index (χ0) is 12.5. The van der Waals surface area contributed by atoms with Crippen molar-refractivity contribution in [1.29, 1.82) is 0 Å². The van der Waals surface area contributed by atoms with Crippen LogP contribution >= 0.6 is 12.2 Å². The molecule has 1 aliphatic carbocycles. The Bertz CT molecular complexity index is 342. The van der Waals surface area contributed by atoms with Gasteiger partial charge in [0.05, 0.1) is 0 Å². The monoisotopic (exact) mass is 254 g/mol. The van der Waals surface area contributed by atoms with Gasteiger partial charge in [0.25, 0.3) is 0 Å². The van der Waals surface area contributed by atoms with Crippen molar-refractivity contribution in [2.45, 2.75) is 45.4 Å². The Morgan fingerprint density at radius 3 is 2.18 bits per heavy atom. The lowest BCUT2D eigenvalue weighted by molar-refractivity contribution is -0.149. The maximum absolute atomic E-state index is 12.2. The van der Waals surface area contributed by atoms with Gasteiger partial charge in [-0.15, -0.1) is 0 Å². The molecule has 4 nitrogen and oxygen atoms in total. The second kappa shape index (κ2) is 4.72. The van der Waals surface area contributed by atoms with E-state index in [0.29, 0.717) is 6.42 Å². The van der Waals surface area contributed by atoms with E-state index in [1.807, 2.05) is 6.92 Å². The van der Waals surface area contributed by atoms with Gasteiger partial charge in [-0.1, -0.05) is 26.2 Å². The van der Waals surface area contributed by atoms with Crippen LogP contribution in [0.3, 0.4) is 0 Å². The maximum atomic E-state index is 12.2. The van der Waals surface area contributed by atoms with E-state index < -0.39 is 5.41 Å². The fourth-order valence-electron chi connectivity index (χ4n) is 3.14. The van der Waals surface area contributed by atoms with Gasteiger partial charge in [0.1, 0.15) is 5.41 Å². The summed E-state index contributed by atoms with van der Waals surface area (Å²) in [5, 5.41) is 5.36. The third-order valence-corrected chi connectivity index (χ3v) is 4.33. The zero-order valence-corrected chi connectivity index (χ0v) is 10.9. The van der Waals surface area contributed by atoms with Crippen molar-refractivity contribution in [2.24, 2.45) is 11.3 Å². The highest BCUT2D eigenvalue weighted by Crippen LogP contribution is 2.42. The van der Waals surface area contributed by atoms with Crippen molar-refractivity contribution >= 4 is 29.1 Å². The lowest BCUT2D eigenvalue weighted by Crippen LogP contribution is -2.64. The Labute approximate surface area is 107 Å². The van der Waals surface area contributed by atoms with Crippen LogP contribution in [0.15, 0.2) is 0 Å². The Morgan fingerprint density at radius 2 is 1.71 bits per heavy atom. The van der Waals surface area contributed by atoms with E-state index in [2.05, 4.69) is 10.6 Å². The second-order valence-electron chi connectivity index (χ2n) is 4.90. The molecule has 94 valence electrons. The van der Waals surface area contributed by atoms with Crippen molar-refractivity contribution in [3.63, 3.8) is 0 Å². The van der Waals surface area contributed by atoms with Crippen molar-refractivity contribution in [3.05, 3.63) is 0 Å². The van der Waals surface area contributed by atoms with Crippen LogP contribution < -0.4 is 10.6 Å². The van der Waals surface area contributed by atoms with Gasteiger partial charge in [-0.25, -0.2) is 0 Å². The summed E-state index contributed by atoms with van der Waals surface area (Å²) in [6, 6.07) is 0. The molecule has 2 amide bonds. The predicted molar refractivity (Wildman–Crippen MR) is 68.2 cm³/mol. The molecule has 17 heavy (non-hydrogen) atoms. The Morgan fingerprint density at radius 1 is 1.18 bits per heavy atom. The van der Waals surface area contributed by atoms with Crippen LogP contribution in [0.1, 0.15) is 45.4 Å². The number of carbonyl (C=O) groups excluding carboxylic acids is 2. The summed E-state index contributed by atoms with van der Waals surface area (Å²) in [6.45, 7) is 1.90. The highest BCUT2D eigenvalue weighted by Gasteiger charge is 2.53. The Kier molecular flexibility index (Phi) is 3.47. The first-order valence-corrected chi connectivity index (χ1v) is 6.69. The molecule has 1 aliphatic heterocycles.